The van der Waals surface area contributed by atoms with E-state index in [0.29, 0.717) is 20.0 Å². The third kappa shape index (κ3) is 6.03. The van der Waals surface area contributed by atoms with Crippen molar-refractivity contribution in [1.29, 1.82) is 0 Å². The van der Waals surface area contributed by atoms with E-state index in [1.165, 1.54) is 44.8 Å². The molecule has 0 amide bonds. The van der Waals surface area contributed by atoms with Crippen LogP contribution in [0, 0.1) is 0 Å². The average Bonchev–Trinajstić information content (AvgIpc) is 2.83. The summed E-state index contributed by atoms with van der Waals surface area (Å²) in [5.41, 5.74) is 11.4. The van der Waals surface area contributed by atoms with Crippen molar-refractivity contribution in [3.8, 4) is 0 Å². The zero-order valence-corrected chi connectivity index (χ0v) is 23.5. The highest BCUT2D eigenvalue weighted by atomic mass is 32.7. The Kier molecular flexibility index (Phi) is 10.9. The fraction of sp³-hybridized carbons (Fsp3) is 0.571. The molecule has 0 saturated carbocycles. The largest absolute Gasteiger partial charge is 0.380 e. The van der Waals surface area contributed by atoms with Gasteiger partial charge in [-0.05, 0) is 85.8 Å². The molecule has 0 heterocycles. The van der Waals surface area contributed by atoms with E-state index >= 15 is 0 Å². The standard InChI is InChI=1S/C28H45N2PS/c1-9-21-15-23(11-3)27(24(12-4)16-21)29-19(7)20(8)30(31-32)28-25(13-5)17-22(10-2)18-26(28)14-6/h15-20,29,31-32H,9-14H2,1-8H3/t19?,20-/m1/s1. The van der Waals surface area contributed by atoms with E-state index in [1.54, 1.807) is 0 Å². The minimum atomic E-state index is 0.304. The van der Waals surface area contributed by atoms with Crippen molar-refractivity contribution in [2.24, 2.45) is 0 Å². The van der Waals surface area contributed by atoms with E-state index in [1.807, 2.05) is 0 Å². The molecule has 0 spiro atoms. The molecule has 0 aliphatic carbocycles. The topological polar surface area (TPSA) is 15.3 Å². The first kappa shape index (κ1) is 27.1. The van der Waals surface area contributed by atoms with Gasteiger partial charge in [-0.15, -0.1) is 12.2 Å². The lowest BCUT2D eigenvalue weighted by atomic mass is 9.96. The zero-order valence-electron chi connectivity index (χ0n) is 21.6. The van der Waals surface area contributed by atoms with Gasteiger partial charge in [0.25, 0.3) is 0 Å². The summed E-state index contributed by atoms with van der Waals surface area (Å²) in [6, 6.07) is 10.2. The quantitative estimate of drug-likeness (QED) is 0.239. The van der Waals surface area contributed by atoms with Crippen LogP contribution in [-0.4, -0.2) is 12.1 Å². The van der Waals surface area contributed by atoms with Gasteiger partial charge in [-0.3, -0.25) is 0 Å². The highest BCUT2D eigenvalue weighted by Crippen LogP contribution is 2.40. The van der Waals surface area contributed by atoms with Crippen molar-refractivity contribution >= 4 is 31.6 Å². The van der Waals surface area contributed by atoms with Crippen molar-refractivity contribution < 1.29 is 0 Å². The van der Waals surface area contributed by atoms with Gasteiger partial charge >= 0.3 is 0 Å². The average molecular weight is 473 g/mol. The van der Waals surface area contributed by atoms with Crippen LogP contribution >= 0.6 is 20.2 Å². The van der Waals surface area contributed by atoms with Crippen LogP contribution in [0.15, 0.2) is 24.3 Å². The molecule has 2 aromatic carbocycles. The van der Waals surface area contributed by atoms with E-state index in [-0.39, 0.29) is 0 Å². The number of aryl methyl sites for hydroxylation is 6. The van der Waals surface area contributed by atoms with E-state index in [4.69, 9.17) is 12.2 Å². The van der Waals surface area contributed by atoms with Crippen molar-refractivity contribution in [2.45, 2.75) is 106 Å². The Bertz CT molecular complexity index is 830. The van der Waals surface area contributed by atoms with Gasteiger partial charge in [0.15, 0.2) is 0 Å². The van der Waals surface area contributed by atoms with E-state index in [2.05, 4.69) is 89.6 Å². The van der Waals surface area contributed by atoms with Crippen LogP contribution < -0.4 is 9.99 Å². The molecule has 2 rings (SSSR count). The fourth-order valence-electron chi connectivity index (χ4n) is 4.59. The Hall–Kier alpha value is -1.18. The summed E-state index contributed by atoms with van der Waals surface area (Å²) in [5.74, 6) is 0. The minimum absolute atomic E-state index is 0.304. The molecule has 0 aliphatic heterocycles. The molecule has 2 aromatic rings. The maximum atomic E-state index is 4.84. The molecule has 2 nitrogen and oxygen atoms in total. The molecule has 32 heavy (non-hydrogen) atoms. The smallest absolute Gasteiger partial charge is 0.0503 e. The summed E-state index contributed by atoms with van der Waals surface area (Å²) in [6.45, 7) is 18.3. The normalized spacial score (nSPS) is 13.5. The first-order valence-electron chi connectivity index (χ1n) is 12.6. The van der Waals surface area contributed by atoms with Crippen molar-refractivity contribution in [1.82, 2.24) is 0 Å². The zero-order chi connectivity index (χ0) is 23.8. The molecular weight excluding hydrogens is 427 g/mol. The van der Waals surface area contributed by atoms with Crippen LogP contribution in [0.25, 0.3) is 0 Å². The van der Waals surface area contributed by atoms with Gasteiger partial charge in [0.05, 0.1) is 6.04 Å². The lowest BCUT2D eigenvalue weighted by Crippen LogP contribution is -2.40. The van der Waals surface area contributed by atoms with Gasteiger partial charge in [0, 0.05) is 25.3 Å². The summed E-state index contributed by atoms with van der Waals surface area (Å²) < 4.78 is 2.54. The number of nitrogens with one attached hydrogen (secondary N) is 1. The van der Waals surface area contributed by atoms with Gasteiger partial charge in [0.2, 0.25) is 0 Å². The Balaban J connectivity index is 2.43. The third-order valence-electron chi connectivity index (χ3n) is 6.88. The summed E-state index contributed by atoms with van der Waals surface area (Å²) in [4.78, 5) is 0. The highest BCUT2D eigenvalue weighted by molar-refractivity contribution is 8.38. The predicted molar refractivity (Wildman–Crippen MR) is 151 cm³/mol. The lowest BCUT2D eigenvalue weighted by Gasteiger charge is -2.37. The number of anilines is 2. The van der Waals surface area contributed by atoms with E-state index in [0.717, 1.165) is 38.5 Å². The predicted octanol–water partition coefficient (Wildman–Crippen LogP) is 8.19. The molecule has 0 radical (unpaired) electrons. The molecule has 1 N–H and O–H groups in total. The number of hydrogen-bond acceptors (Lipinski definition) is 3. The Morgan fingerprint density at radius 3 is 1.47 bits per heavy atom. The van der Waals surface area contributed by atoms with Crippen LogP contribution in [-0.2, 0) is 38.5 Å². The van der Waals surface area contributed by atoms with E-state index < -0.39 is 0 Å². The third-order valence-corrected chi connectivity index (χ3v) is 8.37. The van der Waals surface area contributed by atoms with Gasteiger partial charge in [-0.2, -0.15) is 0 Å². The molecule has 0 fully saturated rings. The van der Waals surface area contributed by atoms with Gasteiger partial charge in [0.1, 0.15) is 0 Å². The molecule has 2 unspecified atom stereocenters. The lowest BCUT2D eigenvalue weighted by molar-refractivity contribution is 0.639. The maximum Gasteiger partial charge on any atom is 0.0503 e. The molecule has 178 valence electrons. The van der Waals surface area contributed by atoms with Crippen molar-refractivity contribution in [2.75, 3.05) is 9.99 Å². The number of hydrogen-bond donors (Lipinski definition) is 2. The number of nitrogens with zero attached hydrogens (tertiary/aromatic N) is 1. The molecule has 0 aromatic heterocycles. The van der Waals surface area contributed by atoms with Gasteiger partial charge in [-0.1, -0.05) is 65.8 Å². The maximum absolute atomic E-state index is 4.84. The van der Waals surface area contributed by atoms with Crippen LogP contribution in [0.3, 0.4) is 0 Å². The van der Waals surface area contributed by atoms with Crippen LogP contribution in [0.4, 0.5) is 11.4 Å². The SMILES string of the molecule is CCc1cc(CC)c(NC(C)[C@@H](C)N(PS)c2c(CC)cc(CC)cc2CC)c(CC)c1. The molecule has 4 heteroatoms. The highest BCUT2D eigenvalue weighted by Gasteiger charge is 2.25. The second-order valence-electron chi connectivity index (χ2n) is 8.82. The van der Waals surface area contributed by atoms with Crippen molar-refractivity contribution in [3.05, 3.63) is 57.6 Å². The fourth-order valence-corrected chi connectivity index (χ4v) is 6.23. The minimum Gasteiger partial charge on any atom is -0.380 e. The Morgan fingerprint density at radius 1 is 0.719 bits per heavy atom. The van der Waals surface area contributed by atoms with Gasteiger partial charge < -0.3 is 9.99 Å². The molecule has 0 bridgehead atoms. The second kappa shape index (κ2) is 12.9. The Labute approximate surface area is 205 Å². The first-order chi connectivity index (χ1) is 15.4. The molecule has 0 aliphatic rings. The van der Waals surface area contributed by atoms with Crippen LogP contribution in [0.5, 0.6) is 0 Å². The molecule has 0 saturated heterocycles. The monoisotopic (exact) mass is 472 g/mol. The van der Waals surface area contributed by atoms with Crippen LogP contribution in [0.2, 0.25) is 0 Å². The number of benzene rings is 2. The Morgan fingerprint density at radius 2 is 1.12 bits per heavy atom. The summed E-state index contributed by atoms with van der Waals surface area (Å²) in [7, 11) is 0.437. The summed E-state index contributed by atoms with van der Waals surface area (Å²) in [5, 5.41) is 3.94. The van der Waals surface area contributed by atoms with Crippen molar-refractivity contribution in [3.63, 3.8) is 0 Å². The van der Waals surface area contributed by atoms with Gasteiger partial charge in [-0.25, -0.2) is 0 Å². The molecule has 3 atom stereocenters. The van der Waals surface area contributed by atoms with Crippen LogP contribution in [0.1, 0.15) is 88.8 Å². The first-order valence-corrected chi connectivity index (χ1v) is 14.9. The summed E-state index contributed by atoms with van der Waals surface area (Å²) in [6.07, 6.45) is 6.40. The number of rotatable bonds is 12. The molecular formula is C28H45N2PS. The van der Waals surface area contributed by atoms with E-state index in [9.17, 15) is 0 Å². The summed E-state index contributed by atoms with van der Waals surface area (Å²) >= 11 is 4.84. The second-order valence-corrected chi connectivity index (χ2v) is 10.1. The number of thiol groups is 1.